The fourth-order valence-corrected chi connectivity index (χ4v) is 2.10. The van der Waals surface area contributed by atoms with Gasteiger partial charge in [-0.1, -0.05) is 36.4 Å². The number of nitrogens with two attached hydrogens (primary N) is 1. The quantitative estimate of drug-likeness (QED) is 0.878. The molecule has 0 radical (unpaired) electrons. The van der Waals surface area contributed by atoms with Crippen LogP contribution >= 0.6 is 24.8 Å². The smallest absolute Gasteiger partial charge is 0.229 e. The SMILES string of the molecule is CC(NC(=O)C(CN)c1ccccc1)c1ccccn1.Cl.Cl. The molecule has 120 valence electrons. The van der Waals surface area contributed by atoms with Crippen molar-refractivity contribution in [3.63, 3.8) is 0 Å². The van der Waals surface area contributed by atoms with E-state index in [2.05, 4.69) is 10.3 Å². The monoisotopic (exact) mass is 341 g/mol. The van der Waals surface area contributed by atoms with E-state index in [-0.39, 0.29) is 49.2 Å². The zero-order valence-electron chi connectivity index (χ0n) is 12.3. The van der Waals surface area contributed by atoms with Gasteiger partial charge in [0.25, 0.3) is 0 Å². The second-order valence-corrected chi connectivity index (χ2v) is 4.68. The Labute approximate surface area is 143 Å². The molecule has 0 aliphatic heterocycles. The van der Waals surface area contributed by atoms with Crippen LogP contribution in [0.2, 0.25) is 0 Å². The maximum Gasteiger partial charge on any atom is 0.229 e. The molecular weight excluding hydrogens is 321 g/mol. The highest BCUT2D eigenvalue weighted by atomic mass is 35.5. The molecule has 0 spiro atoms. The van der Waals surface area contributed by atoms with Crippen LogP contribution in [0.15, 0.2) is 54.7 Å². The van der Waals surface area contributed by atoms with Gasteiger partial charge in [0, 0.05) is 12.7 Å². The number of carbonyl (C=O) groups excluding carboxylic acids is 1. The lowest BCUT2D eigenvalue weighted by atomic mass is 9.98. The highest BCUT2D eigenvalue weighted by Gasteiger charge is 2.21. The third-order valence-electron chi connectivity index (χ3n) is 3.24. The van der Waals surface area contributed by atoms with Crippen molar-refractivity contribution in [3.05, 3.63) is 66.0 Å². The van der Waals surface area contributed by atoms with E-state index in [4.69, 9.17) is 5.73 Å². The third kappa shape index (κ3) is 5.30. The minimum Gasteiger partial charge on any atom is -0.347 e. The van der Waals surface area contributed by atoms with Crippen LogP contribution < -0.4 is 11.1 Å². The molecule has 0 saturated carbocycles. The van der Waals surface area contributed by atoms with Crippen molar-refractivity contribution < 1.29 is 4.79 Å². The summed E-state index contributed by atoms with van der Waals surface area (Å²) in [6, 6.07) is 15.1. The number of hydrogen-bond acceptors (Lipinski definition) is 3. The topological polar surface area (TPSA) is 68.0 Å². The fourth-order valence-electron chi connectivity index (χ4n) is 2.10. The molecule has 1 amide bonds. The Morgan fingerprint density at radius 3 is 2.32 bits per heavy atom. The van der Waals surface area contributed by atoms with Gasteiger partial charge < -0.3 is 11.1 Å². The molecule has 1 aromatic heterocycles. The number of carbonyl (C=O) groups is 1. The van der Waals surface area contributed by atoms with Gasteiger partial charge in [0.2, 0.25) is 5.91 Å². The van der Waals surface area contributed by atoms with Crippen molar-refractivity contribution in [3.8, 4) is 0 Å². The molecule has 2 rings (SSSR count). The summed E-state index contributed by atoms with van der Waals surface area (Å²) in [5.74, 6) is -0.404. The molecule has 2 unspecified atom stereocenters. The highest BCUT2D eigenvalue weighted by Crippen LogP contribution is 2.16. The number of pyridine rings is 1. The number of hydrogen-bond donors (Lipinski definition) is 2. The van der Waals surface area contributed by atoms with Crippen LogP contribution in [0.3, 0.4) is 0 Å². The first-order valence-electron chi connectivity index (χ1n) is 6.68. The summed E-state index contributed by atoms with van der Waals surface area (Å²) in [5.41, 5.74) is 7.51. The van der Waals surface area contributed by atoms with E-state index >= 15 is 0 Å². The molecular formula is C16H21Cl2N3O. The van der Waals surface area contributed by atoms with Gasteiger partial charge in [-0.05, 0) is 24.6 Å². The van der Waals surface area contributed by atoms with Crippen molar-refractivity contribution in [2.45, 2.75) is 18.9 Å². The average molecular weight is 342 g/mol. The number of nitrogens with one attached hydrogen (secondary N) is 1. The zero-order valence-corrected chi connectivity index (χ0v) is 13.9. The molecule has 0 bridgehead atoms. The molecule has 6 heteroatoms. The van der Waals surface area contributed by atoms with E-state index in [1.54, 1.807) is 6.20 Å². The van der Waals surface area contributed by atoms with Crippen LogP contribution in [0.25, 0.3) is 0 Å². The molecule has 2 aromatic rings. The molecule has 4 nitrogen and oxygen atoms in total. The standard InChI is InChI=1S/C16H19N3O.2ClH/c1-12(15-9-5-6-10-18-15)19-16(20)14(11-17)13-7-3-2-4-8-13;;/h2-10,12,14H,11,17H2,1H3,(H,19,20);2*1H. The van der Waals surface area contributed by atoms with Gasteiger partial charge in [-0.3, -0.25) is 9.78 Å². The average Bonchev–Trinajstić information content (AvgIpc) is 2.50. The number of nitrogens with zero attached hydrogens (tertiary/aromatic N) is 1. The minimum atomic E-state index is -0.331. The van der Waals surface area contributed by atoms with Crippen LogP contribution in [0.1, 0.15) is 30.1 Å². The van der Waals surface area contributed by atoms with Gasteiger partial charge in [-0.25, -0.2) is 0 Å². The second kappa shape index (κ2) is 10.2. The lowest BCUT2D eigenvalue weighted by Gasteiger charge is -2.19. The van der Waals surface area contributed by atoms with E-state index in [1.165, 1.54) is 0 Å². The van der Waals surface area contributed by atoms with Crippen LogP contribution in [0.5, 0.6) is 0 Å². The van der Waals surface area contributed by atoms with Crippen LogP contribution in [0.4, 0.5) is 0 Å². The van der Waals surface area contributed by atoms with E-state index in [9.17, 15) is 4.79 Å². The van der Waals surface area contributed by atoms with Crippen LogP contribution in [0, 0.1) is 0 Å². The Kier molecular flexibility index (Phi) is 9.42. The predicted molar refractivity (Wildman–Crippen MR) is 93.5 cm³/mol. The molecule has 0 aliphatic rings. The number of amides is 1. The fraction of sp³-hybridized carbons (Fsp3) is 0.250. The predicted octanol–water partition coefficient (Wildman–Crippen LogP) is 2.84. The molecule has 1 heterocycles. The Balaban J connectivity index is 0.00000220. The molecule has 2 atom stereocenters. The van der Waals surface area contributed by atoms with E-state index in [0.29, 0.717) is 0 Å². The normalized spacial score (nSPS) is 12.3. The number of rotatable bonds is 5. The van der Waals surface area contributed by atoms with Gasteiger partial charge in [0.15, 0.2) is 0 Å². The number of benzene rings is 1. The van der Waals surface area contributed by atoms with E-state index < -0.39 is 0 Å². The maximum absolute atomic E-state index is 12.3. The molecule has 3 N–H and O–H groups in total. The van der Waals surface area contributed by atoms with Gasteiger partial charge in [-0.15, -0.1) is 24.8 Å². The van der Waals surface area contributed by atoms with Crippen molar-refractivity contribution in [1.82, 2.24) is 10.3 Å². The summed E-state index contributed by atoms with van der Waals surface area (Å²) in [6.45, 7) is 2.20. The Hall–Kier alpha value is -1.62. The molecule has 1 aromatic carbocycles. The first-order valence-corrected chi connectivity index (χ1v) is 6.68. The molecule has 22 heavy (non-hydrogen) atoms. The first-order chi connectivity index (χ1) is 9.72. The lowest BCUT2D eigenvalue weighted by molar-refractivity contribution is -0.123. The first kappa shape index (κ1) is 20.4. The van der Waals surface area contributed by atoms with Gasteiger partial charge in [0.05, 0.1) is 17.7 Å². The van der Waals surface area contributed by atoms with Gasteiger partial charge >= 0.3 is 0 Å². The Bertz CT molecular complexity index is 552. The summed E-state index contributed by atoms with van der Waals surface area (Å²) >= 11 is 0. The number of halogens is 2. The highest BCUT2D eigenvalue weighted by molar-refractivity contribution is 5.85. The maximum atomic E-state index is 12.3. The second-order valence-electron chi connectivity index (χ2n) is 4.68. The van der Waals surface area contributed by atoms with Crippen molar-refractivity contribution >= 4 is 30.7 Å². The van der Waals surface area contributed by atoms with Crippen LogP contribution in [-0.4, -0.2) is 17.4 Å². The van der Waals surface area contributed by atoms with Gasteiger partial charge in [0.1, 0.15) is 0 Å². The Morgan fingerprint density at radius 2 is 1.77 bits per heavy atom. The van der Waals surface area contributed by atoms with E-state index in [0.717, 1.165) is 11.3 Å². The summed E-state index contributed by atoms with van der Waals surface area (Å²) in [4.78, 5) is 16.6. The Morgan fingerprint density at radius 1 is 1.14 bits per heavy atom. The van der Waals surface area contributed by atoms with Crippen LogP contribution in [-0.2, 0) is 4.79 Å². The molecule has 0 fully saturated rings. The summed E-state index contributed by atoms with van der Waals surface area (Å²) in [5, 5.41) is 2.96. The van der Waals surface area contributed by atoms with Crippen molar-refractivity contribution in [2.24, 2.45) is 5.73 Å². The zero-order chi connectivity index (χ0) is 14.4. The lowest BCUT2D eigenvalue weighted by Crippen LogP contribution is -2.35. The molecule has 0 saturated heterocycles. The largest absolute Gasteiger partial charge is 0.347 e. The third-order valence-corrected chi connectivity index (χ3v) is 3.24. The van der Waals surface area contributed by atoms with Crippen molar-refractivity contribution in [2.75, 3.05) is 6.54 Å². The molecule has 0 aliphatic carbocycles. The van der Waals surface area contributed by atoms with E-state index in [1.807, 2.05) is 55.5 Å². The van der Waals surface area contributed by atoms with Crippen molar-refractivity contribution in [1.29, 1.82) is 0 Å². The summed E-state index contributed by atoms with van der Waals surface area (Å²) < 4.78 is 0. The number of aromatic nitrogens is 1. The summed E-state index contributed by atoms with van der Waals surface area (Å²) in [6.07, 6.45) is 1.72. The summed E-state index contributed by atoms with van der Waals surface area (Å²) in [7, 11) is 0. The van der Waals surface area contributed by atoms with Gasteiger partial charge in [-0.2, -0.15) is 0 Å². The minimum absolute atomic E-state index is 0.